The van der Waals surface area contributed by atoms with E-state index >= 15 is 0 Å². The van der Waals surface area contributed by atoms with Crippen LogP contribution in [0.4, 0.5) is 0 Å². The minimum absolute atomic E-state index is 0.141. The minimum Gasteiger partial charge on any atom is -0.349 e. The van der Waals surface area contributed by atoms with Crippen LogP contribution in [0.3, 0.4) is 0 Å². The summed E-state index contributed by atoms with van der Waals surface area (Å²) in [4.78, 5) is 10.6. The van der Waals surface area contributed by atoms with Crippen molar-refractivity contribution in [3.05, 3.63) is 7.05 Å². The summed E-state index contributed by atoms with van der Waals surface area (Å²) >= 11 is 0. The smallest absolute Gasteiger partial charge is 0.225 e. The molecular formula is C6H11NO. The fourth-order valence-corrected chi connectivity index (χ4v) is 0.217. The first-order valence-corrected chi connectivity index (χ1v) is 2.49. The predicted molar refractivity (Wildman–Crippen MR) is 31.9 cm³/mol. The first-order chi connectivity index (χ1) is 3.48. The van der Waals surface area contributed by atoms with Gasteiger partial charge in [0.1, 0.15) is 0 Å². The Morgan fingerprint density at radius 3 is 1.88 bits per heavy atom. The van der Waals surface area contributed by atoms with Crippen molar-refractivity contribution in [2.24, 2.45) is 5.41 Å². The molecule has 0 rings (SSSR count). The summed E-state index contributed by atoms with van der Waals surface area (Å²) in [6.07, 6.45) is 0. The molecule has 0 heterocycles. The zero-order valence-corrected chi connectivity index (χ0v) is 5.49. The maximum absolute atomic E-state index is 10.6. The van der Waals surface area contributed by atoms with Gasteiger partial charge in [-0.3, -0.25) is 4.79 Å². The summed E-state index contributed by atoms with van der Waals surface area (Å²) in [5.74, 6) is -0.141. The highest BCUT2D eigenvalue weighted by Gasteiger charge is 2.18. The third-order valence-corrected chi connectivity index (χ3v) is 0.812. The quantitative estimate of drug-likeness (QED) is 0.463. The second-order valence-corrected chi connectivity index (χ2v) is 2.72. The van der Waals surface area contributed by atoms with Crippen molar-refractivity contribution in [3.8, 4) is 0 Å². The summed E-state index contributed by atoms with van der Waals surface area (Å²) in [6, 6.07) is 0. The van der Waals surface area contributed by atoms with E-state index in [0.29, 0.717) is 0 Å². The highest BCUT2D eigenvalue weighted by molar-refractivity contribution is 5.81. The van der Waals surface area contributed by atoms with Gasteiger partial charge in [-0.2, -0.15) is 0 Å². The minimum atomic E-state index is -0.366. The summed E-state index contributed by atoms with van der Waals surface area (Å²) in [5.41, 5.74) is -0.366. The molecular weight excluding hydrogens is 102 g/mol. The molecule has 0 spiro atoms. The second-order valence-electron chi connectivity index (χ2n) is 2.72. The molecule has 0 aliphatic heterocycles. The first-order valence-electron chi connectivity index (χ1n) is 2.49. The third kappa shape index (κ3) is 1.96. The zero-order chi connectivity index (χ0) is 6.78. The topological polar surface area (TPSA) is 29.1 Å². The molecule has 0 saturated heterocycles. The number of hydrogen-bond acceptors (Lipinski definition) is 1. The lowest BCUT2D eigenvalue weighted by Gasteiger charge is -2.14. The van der Waals surface area contributed by atoms with Gasteiger partial charge >= 0.3 is 0 Å². The van der Waals surface area contributed by atoms with Crippen LogP contribution in [0.5, 0.6) is 0 Å². The lowest BCUT2D eigenvalue weighted by atomic mass is 9.96. The van der Waals surface area contributed by atoms with E-state index < -0.39 is 0 Å². The normalized spacial score (nSPS) is 11.0. The predicted octanol–water partition coefficient (Wildman–Crippen LogP) is 0.817. The second kappa shape index (κ2) is 2.16. The van der Waals surface area contributed by atoms with Gasteiger partial charge in [-0.15, -0.1) is 0 Å². The van der Waals surface area contributed by atoms with Crippen LogP contribution in [-0.2, 0) is 4.79 Å². The molecule has 0 unspecified atom stereocenters. The van der Waals surface area contributed by atoms with E-state index in [1.165, 1.54) is 0 Å². The molecule has 0 bridgehead atoms. The fourth-order valence-electron chi connectivity index (χ4n) is 0.217. The molecule has 8 heavy (non-hydrogen) atoms. The summed E-state index contributed by atoms with van der Waals surface area (Å²) in [5, 5.41) is 2.07. The number of amides is 1. The molecule has 0 aromatic carbocycles. The number of carbonyl (C=O) groups excluding carboxylic acids is 1. The van der Waals surface area contributed by atoms with E-state index in [1.807, 2.05) is 0 Å². The van der Waals surface area contributed by atoms with Gasteiger partial charge in [0.2, 0.25) is 5.91 Å². The SMILES string of the molecule is [CH]NC(=O)C(C)(C)C. The molecule has 0 aromatic rings. The van der Waals surface area contributed by atoms with Gasteiger partial charge in [0, 0.05) is 5.41 Å². The molecule has 1 N–H and O–H groups in total. The fraction of sp³-hybridized carbons (Fsp3) is 0.667. The van der Waals surface area contributed by atoms with E-state index in [1.54, 1.807) is 20.8 Å². The van der Waals surface area contributed by atoms with Crippen molar-refractivity contribution in [2.75, 3.05) is 0 Å². The van der Waals surface area contributed by atoms with Crippen molar-refractivity contribution in [3.63, 3.8) is 0 Å². The number of nitrogens with one attached hydrogen (secondary N) is 1. The van der Waals surface area contributed by atoms with Crippen molar-refractivity contribution >= 4 is 5.91 Å². The van der Waals surface area contributed by atoms with Gasteiger partial charge in [-0.25, -0.2) is 0 Å². The van der Waals surface area contributed by atoms with Gasteiger partial charge < -0.3 is 5.32 Å². The van der Waals surface area contributed by atoms with Crippen LogP contribution in [0.2, 0.25) is 0 Å². The van der Waals surface area contributed by atoms with Crippen molar-refractivity contribution < 1.29 is 4.79 Å². The maximum Gasteiger partial charge on any atom is 0.225 e. The average Bonchev–Trinajstić information content (AvgIpc) is 1.62. The van der Waals surface area contributed by atoms with Gasteiger partial charge in [0.05, 0.1) is 7.05 Å². The Morgan fingerprint density at radius 1 is 1.50 bits per heavy atom. The largest absolute Gasteiger partial charge is 0.349 e. The number of hydrogen-bond donors (Lipinski definition) is 1. The average molecular weight is 113 g/mol. The number of rotatable bonds is 0. The molecule has 2 heteroatoms. The Kier molecular flexibility index (Phi) is 2.02. The molecule has 0 aromatic heterocycles. The zero-order valence-electron chi connectivity index (χ0n) is 5.49. The third-order valence-electron chi connectivity index (χ3n) is 0.812. The molecule has 0 atom stereocenters. The van der Waals surface area contributed by atoms with Crippen LogP contribution < -0.4 is 5.32 Å². The molecule has 0 aliphatic rings. The monoisotopic (exact) mass is 113 g/mol. The lowest BCUT2D eigenvalue weighted by Crippen LogP contribution is -2.30. The van der Waals surface area contributed by atoms with Gasteiger partial charge in [0.15, 0.2) is 0 Å². The van der Waals surface area contributed by atoms with E-state index in [2.05, 4.69) is 5.32 Å². The molecule has 0 saturated carbocycles. The molecule has 46 valence electrons. The van der Waals surface area contributed by atoms with Crippen LogP contribution >= 0.6 is 0 Å². The van der Waals surface area contributed by atoms with E-state index in [-0.39, 0.29) is 11.3 Å². The maximum atomic E-state index is 10.6. The van der Waals surface area contributed by atoms with Gasteiger partial charge in [-0.05, 0) is 0 Å². The first kappa shape index (κ1) is 7.47. The standard InChI is InChI=1S/C6H11NO/c1-6(2,3)5(8)7-4/h4H,1-3H3,(H,7,8). The Bertz CT molecular complexity index is 91.2. The van der Waals surface area contributed by atoms with Crippen LogP contribution in [0.15, 0.2) is 0 Å². The van der Waals surface area contributed by atoms with Crippen LogP contribution in [0.1, 0.15) is 20.8 Å². The Hall–Kier alpha value is -0.530. The highest BCUT2D eigenvalue weighted by Crippen LogP contribution is 2.11. The lowest BCUT2D eigenvalue weighted by molar-refractivity contribution is -0.127. The van der Waals surface area contributed by atoms with Crippen LogP contribution in [-0.4, -0.2) is 5.91 Å². The van der Waals surface area contributed by atoms with E-state index in [9.17, 15) is 4.79 Å². The Balaban J connectivity index is 3.82. The van der Waals surface area contributed by atoms with Crippen molar-refractivity contribution in [2.45, 2.75) is 20.8 Å². The number of carbonyl (C=O) groups is 1. The van der Waals surface area contributed by atoms with E-state index in [0.717, 1.165) is 0 Å². The summed E-state index contributed by atoms with van der Waals surface area (Å²) < 4.78 is 0. The Morgan fingerprint density at radius 2 is 1.88 bits per heavy atom. The van der Waals surface area contributed by atoms with Crippen LogP contribution in [0.25, 0.3) is 0 Å². The molecule has 2 nitrogen and oxygen atoms in total. The van der Waals surface area contributed by atoms with Crippen LogP contribution in [0, 0.1) is 12.5 Å². The summed E-state index contributed by atoms with van der Waals surface area (Å²) in [7, 11) is 4.86. The van der Waals surface area contributed by atoms with Crippen molar-refractivity contribution in [1.29, 1.82) is 0 Å². The van der Waals surface area contributed by atoms with E-state index in [4.69, 9.17) is 7.05 Å². The Labute approximate surface area is 50.3 Å². The summed E-state index contributed by atoms with van der Waals surface area (Å²) in [6.45, 7) is 5.40. The molecule has 0 aliphatic carbocycles. The highest BCUT2D eigenvalue weighted by atomic mass is 16.2. The molecule has 2 radical (unpaired) electrons. The molecule has 1 amide bonds. The van der Waals surface area contributed by atoms with Crippen molar-refractivity contribution in [1.82, 2.24) is 5.32 Å². The molecule has 0 fully saturated rings. The van der Waals surface area contributed by atoms with Gasteiger partial charge in [0.25, 0.3) is 0 Å². The van der Waals surface area contributed by atoms with Gasteiger partial charge in [-0.1, -0.05) is 20.8 Å².